The van der Waals surface area contributed by atoms with Crippen molar-refractivity contribution in [2.45, 2.75) is 39.7 Å². The molecule has 0 radical (unpaired) electrons. The van der Waals surface area contributed by atoms with Crippen molar-refractivity contribution in [1.29, 1.82) is 0 Å². The van der Waals surface area contributed by atoms with Crippen molar-refractivity contribution in [1.82, 2.24) is 0 Å². The zero-order valence-corrected chi connectivity index (χ0v) is 23.8. The van der Waals surface area contributed by atoms with E-state index in [1.54, 1.807) is 0 Å². The standard InChI is InChI=1S/C32H32ClN2.HI/c1-3-34-22-20-24(28-12-5-7-14-30(28)34)16-18-26-10-9-11-27(32(26)33)19-17-25-21-23-35(4-2)31-15-8-6-13-29(25)31;/h5-8,12-23H,3-4,9-11H2,1-2H3;1H/q+1;/p-1. The van der Waals surface area contributed by atoms with Gasteiger partial charge < -0.3 is 28.9 Å². The first-order chi connectivity index (χ1) is 17.2. The average Bonchev–Trinajstić information content (AvgIpc) is 2.91. The summed E-state index contributed by atoms with van der Waals surface area (Å²) in [4.78, 5) is 2.28. The number of allylic oxidation sites excluding steroid dienone is 8. The van der Waals surface area contributed by atoms with E-state index in [0.717, 1.165) is 37.4 Å². The number of aromatic nitrogens is 1. The molecule has 4 heteroatoms. The predicted octanol–water partition coefficient (Wildman–Crippen LogP) is 5.20. The van der Waals surface area contributed by atoms with E-state index in [4.69, 9.17) is 11.6 Å². The Labute approximate surface area is 237 Å². The van der Waals surface area contributed by atoms with Crippen molar-refractivity contribution in [3.8, 4) is 0 Å². The lowest BCUT2D eigenvalue weighted by Crippen LogP contribution is -3.00. The second-order valence-electron chi connectivity index (χ2n) is 9.03. The Balaban J connectivity index is 0.00000304. The van der Waals surface area contributed by atoms with Crippen molar-refractivity contribution >= 4 is 39.8 Å². The number of rotatable bonds is 5. The molecule has 0 saturated carbocycles. The van der Waals surface area contributed by atoms with Crippen molar-refractivity contribution < 1.29 is 28.5 Å². The monoisotopic (exact) mass is 606 g/mol. The summed E-state index contributed by atoms with van der Waals surface area (Å²) in [6.45, 7) is 6.28. The van der Waals surface area contributed by atoms with E-state index in [2.05, 4.69) is 121 Å². The fourth-order valence-electron chi connectivity index (χ4n) is 5.05. The van der Waals surface area contributed by atoms with Crippen LogP contribution in [0.25, 0.3) is 22.6 Å². The fraction of sp³-hybridized carbons (Fsp3) is 0.219. The van der Waals surface area contributed by atoms with Crippen molar-refractivity contribution in [2.24, 2.45) is 0 Å². The third-order valence-electron chi connectivity index (χ3n) is 6.98. The van der Waals surface area contributed by atoms with E-state index >= 15 is 0 Å². The Morgan fingerprint density at radius 2 is 1.75 bits per heavy atom. The topological polar surface area (TPSA) is 7.12 Å². The summed E-state index contributed by atoms with van der Waals surface area (Å²) in [6.07, 6.45) is 18.6. The number of hydrogen-bond acceptors (Lipinski definition) is 1. The molecule has 184 valence electrons. The van der Waals surface area contributed by atoms with Gasteiger partial charge in [0.05, 0.1) is 5.39 Å². The van der Waals surface area contributed by atoms with Crippen LogP contribution in [0.15, 0.2) is 107 Å². The van der Waals surface area contributed by atoms with E-state index in [0.29, 0.717) is 0 Å². The van der Waals surface area contributed by atoms with E-state index < -0.39 is 0 Å². The number of aryl methyl sites for hydroxylation is 1. The Kier molecular flexibility index (Phi) is 8.86. The first-order valence-corrected chi connectivity index (χ1v) is 13.0. The molecule has 0 unspecified atom stereocenters. The zero-order chi connectivity index (χ0) is 24.2. The van der Waals surface area contributed by atoms with Crippen LogP contribution in [0.1, 0.15) is 44.2 Å². The molecule has 0 atom stereocenters. The first-order valence-electron chi connectivity index (χ1n) is 12.6. The van der Waals surface area contributed by atoms with Crippen LogP contribution in [-0.2, 0) is 6.54 Å². The normalized spacial score (nSPS) is 17.8. The van der Waals surface area contributed by atoms with Crippen molar-refractivity contribution in [3.05, 3.63) is 119 Å². The summed E-state index contributed by atoms with van der Waals surface area (Å²) in [7, 11) is 0. The number of fused-ring (bicyclic) bond motifs is 2. The maximum atomic E-state index is 6.94. The molecule has 0 bridgehead atoms. The molecule has 2 aromatic carbocycles. The number of para-hydroxylation sites is 2. The van der Waals surface area contributed by atoms with Crippen LogP contribution in [0.3, 0.4) is 0 Å². The highest BCUT2D eigenvalue weighted by Crippen LogP contribution is 2.36. The summed E-state index contributed by atoms with van der Waals surface area (Å²) in [5, 5.41) is 2.17. The molecule has 5 rings (SSSR count). The van der Waals surface area contributed by atoms with Crippen molar-refractivity contribution in [3.63, 3.8) is 0 Å². The molecule has 2 heterocycles. The molecule has 2 nitrogen and oxygen atoms in total. The summed E-state index contributed by atoms with van der Waals surface area (Å²) < 4.78 is 2.28. The maximum absolute atomic E-state index is 6.94. The van der Waals surface area contributed by atoms with Crippen LogP contribution in [0.2, 0.25) is 0 Å². The Hall–Kier alpha value is -2.63. The molecule has 2 aliphatic rings. The fourth-order valence-corrected chi connectivity index (χ4v) is 5.36. The lowest BCUT2D eigenvalue weighted by molar-refractivity contribution is -0.667. The van der Waals surface area contributed by atoms with Gasteiger partial charge in [-0.15, -0.1) is 0 Å². The molecule has 1 aromatic heterocycles. The highest BCUT2D eigenvalue weighted by molar-refractivity contribution is 6.32. The molecule has 0 amide bonds. The second-order valence-corrected chi connectivity index (χ2v) is 9.41. The molecular formula is C32H32ClIN2. The molecule has 0 fully saturated rings. The van der Waals surface area contributed by atoms with Crippen LogP contribution in [0, 0.1) is 0 Å². The number of nitrogens with zero attached hydrogens (tertiary/aromatic N) is 2. The maximum Gasteiger partial charge on any atom is 0.213 e. The Morgan fingerprint density at radius 3 is 2.58 bits per heavy atom. The smallest absolute Gasteiger partial charge is 0.213 e. The average molecular weight is 607 g/mol. The van der Waals surface area contributed by atoms with Crippen LogP contribution >= 0.6 is 11.6 Å². The third kappa shape index (κ3) is 5.37. The quantitative estimate of drug-likeness (QED) is 0.286. The number of halogens is 2. The Morgan fingerprint density at radius 1 is 0.944 bits per heavy atom. The highest BCUT2D eigenvalue weighted by Gasteiger charge is 2.16. The molecular weight excluding hydrogens is 575 g/mol. The molecule has 0 saturated heterocycles. The second kappa shape index (κ2) is 12.1. The van der Waals surface area contributed by atoms with E-state index in [-0.39, 0.29) is 24.0 Å². The predicted molar refractivity (Wildman–Crippen MR) is 150 cm³/mol. The number of hydrogen-bond donors (Lipinski definition) is 0. The van der Waals surface area contributed by atoms with E-state index in [1.165, 1.54) is 44.4 Å². The highest BCUT2D eigenvalue weighted by atomic mass is 127. The summed E-state index contributed by atoms with van der Waals surface area (Å²) >= 11 is 6.94. The van der Waals surface area contributed by atoms with Gasteiger partial charge in [0, 0.05) is 41.2 Å². The van der Waals surface area contributed by atoms with Gasteiger partial charge in [-0.25, -0.2) is 0 Å². The van der Waals surface area contributed by atoms with Crippen LogP contribution in [0.4, 0.5) is 5.69 Å². The SMILES string of the molecule is CCN1C=CC(=CC=C2CCCC(C=Cc3cc[n+](CC)c4ccccc34)=C2Cl)c2ccccc21.[I-]. The lowest BCUT2D eigenvalue weighted by atomic mass is 9.92. The zero-order valence-electron chi connectivity index (χ0n) is 20.9. The van der Waals surface area contributed by atoms with Crippen LogP contribution in [0.5, 0.6) is 0 Å². The van der Waals surface area contributed by atoms with Gasteiger partial charge in [-0.1, -0.05) is 66.2 Å². The molecule has 0 N–H and O–H groups in total. The van der Waals surface area contributed by atoms with Gasteiger partial charge in [-0.3, -0.25) is 0 Å². The van der Waals surface area contributed by atoms with E-state index in [9.17, 15) is 0 Å². The molecule has 1 aliphatic heterocycles. The molecule has 3 aromatic rings. The largest absolute Gasteiger partial charge is 1.00 e. The van der Waals surface area contributed by atoms with Gasteiger partial charge in [0.15, 0.2) is 6.20 Å². The minimum absolute atomic E-state index is 0. The van der Waals surface area contributed by atoms with Gasteiger partial charge in [0.2, 0.25) is 5.52 Å². The lowest BCUT2D eigenvalue weighted by Gasteiger charge is -2.26. The summed E-state index contributed by atoms with van der Waals surface area (Å²) in [5.74, 6) is 0. The Bertz CT molecular complexity index is 1410. The number of pyridine rings is 1. The van der Waals surface area contributed by atoms with Gasteiger partial charge in [-0.05, 0) is 73.6 Å². The van der Waals surface area contributed by atoms with E-state index in [1.807, 2.05) is 0 Å². The van der Waals surface area contributed by atoms with Crippen LogP contribution in [-0.4, -0.2) is 6.54 Å². The van der Waals surface area contributed by atoms with Crippen LogP contribution < -0.4 is 33.4 Å². The van der Waals surface area contributed by atoms with Gasteiger partial charge in [-0.2, -0.15) is 4.57 Å². The summed E-state index contributed by atoms with van der Waals surface area (Å²) in [5.41, 5.74) is 8.68. The minimum Gasteiger partial charge on any atom is -1.00 e. The molecule has 1 aliphatic carbocycles. The molecule has 0 spiro atoms. The number of benzene rings is 2. The minimum atomic E-state index is 0. The summed E-state index contributed by atoms with van der Waals surface area (Å²) in [6, 6.07) is 19.4. The van der Waals surface area contributed by atoms with Gasteiger partial charge in [0.1, 0.15) is 6.54 Å². The third-order valence-corrected chi connectivity index (χ3v) is 7.47. The van der Waals surface area contributed by atoms with Crippen molar-refractivity contribution in [2.75, 3.05) is 11.4 Å². The van der Waals surface area contributed by atoms with Gasteiger partial charge >= 0.3 is 0 Å². The van der Waals surface area contributed by atoms with Gasteiger partial charge in [0.25, 0.3) is 0 Å². The first kappa shape index (κ1) is 26.4. The number of anilines is 1. The molecule has 36 heavy (non-hydrogen) atoms.